The molecule has 10 heteroatoms. The molecule has 0 bridgehead atoms. The van der Waals surface area contributed by atoms with Gasteiger partial charge in [0.1, 0.15) is 0 Å². The predicted molar refractivity (Wildman–Crippen MR) is 47.8 cm³/mol. The highest BCUT2D eigenvalue weighted by Gasteiger charge is 2.34. The monoisotopic (exact) mass is 244 g/mol. The van der Waals surface area contributed by atoms with Gasteiger partial charge in [-0.3, -0.25) is 0 Å². The maximum atomic E-state index is 11.9. The first kappa shape index (κ1) is 12.9. The van der Waals surface area contributed by atoms with Gasteiger partial charge in [-0.05, 0) is 0 Å². The van der Waals surface area contributed by atoms with Crippen LogP contribution in [0.5, 0.6) is 0 Å². The standard InChI is InChI=1S/C6H8B2F6N2/c9-7(10,11)15-5-1-2-6(4-3-5)16-8(12,13)14/h1-4H,15-16H2. The summed E-state index contributed by atoms with van der Waals surface area (Å²) < 4.78 is 71.6. The molecule has 1 aromatic rings. The van der Waals surface area contributed by atoms with Gasteiger partial charge in [-0.15, -0.1) is 0 Å². The van der Waals surface area contributed by atoms with Gasteiger partial charge in [0.05, 0.1) is 11.4 Å². The van der Waals surface area contributed by atoms with E-state index in [4.69, 9.17) is 0 Å². The quantitative estimate of drug-likeness (QED) is 0.445. The van der Waals surface area contributed by atoms with E-state index in [1.165, 1.54) is 0 Å². The van der Waals surface area contributed by atoms with Crippen molar-refractivity contribution in [1.29, 1.82) is 0 Å². The van der Waals surface area contributed by atoms with Crippen molar-refractivity contribution in [3.8, 4) is 0 Å². The van der Waals surface area contributed by atoms with Gasteiger partial charge in [0.2, 0.25) is 0 Å². The van der Waals surface area contributed by atoms with E-state index >= 15 is 0 Å². The van der Waals surface area contributed by atoms with Crippen LogP contribution in [0.25, 0.3) is 0 Å². The van der Waals surface area contributed by atoms with E-state index in [9.17, 15) is 25.9 Å². The van der Waals surface area contributed by atoms with Crippen LogP contribution in [0.3, 0.4) is 0 Å². The smallest absolute Gasteiger partial charge is 0.410 e. The maximum Gasteiger partial charge on any atom is 0.734 e. The molecule has 0 aliphatic carbocycles. The van der Waals surface area contributed by atoms with Gasteiger partial charge >= 0.3 is 14.2 Å². The molecule has 1 rings (SSSR count). The fraction of sp³-hybridized carbons (Fsp3) is 0. The van der Waals surface area contributed by atoms with Crippen LogP contribution >= 0.6 is 0 Å². The van der Waals surface area contributed by atoms with Gasteiger partial charge in [0.25, 0.3) is 0 Å². The zero-order chi connectivity index (χ0) is 12.4. The molecule has 0 unspecified atom stereocenters. The van der Waals surface area contributed by atoms with Crippen LogP contribution in [0.1, 0.15) is 0 Å². The van der Waals surface area contributed by atoms with Crippen LogP contribution in [0.15, 0.2) is 24.3 Å². The Labute approximate surface area is 87.2 Å². The highest BCUT2D eigenvalue weighted by atomic mass is 19.4. The second-order valence-corrected chi connectivity index (χ2v) is 3.25. The minimum atomic E-state index is -5.08. The summed E-state index contributed by atoms with van der Waals surface area (Å²) in [6.07, 6.45) is 0. The lowest BCUT2D eigenvalue weighted by Gasteiger charge is -2.12. The second kappa shape index (κ2) is 4.38. The number of hydrogen-bond acceptors (Lipinski definition) is 0. The maximum absolute atomic E-state index is 11.9. The topological polar surface area (TPSA) is 33.2 Å². The van der Waals surface area contributed by atoms with Crippen molar-refractivity contribution in [2.24, 2.45) is 0 Å². The fourth-order valence-corrected chi connectivity index (χ4v) is 1.15. The highest BCUT2D eigenvalue weighted by Crippen LogP contribution is 2.09. The number of rotatable bonds is 4. The Morgan fingerprint density at radius 1 is 0.625 bits per heavy atom. The van der Waals surface area contributed by atoms with Crippen molar-refractivity contribution in [3.05, 3.63) is 24.3 Å². The van der Waals surface area contributed by atoms with Gasteiger partial charge in [-0.25, -0.2) is 0 Å². The second-order valence-electron chi connectivity index (χ2n) is 3.25. The van der Waals surface area contributed by atoms with Crippen molar-refractivity contribution < 1.29 is 36.3 Å². The molecule has 4 N–H and O–H groups in total. The molecular weight excluding hydrogens is 236 g/mol. The first-order valence-corrected chi connectivity index (χ1v) is 4.37. The van der Waals surface area contributed by atoms with Crippen molar-refractivity contribution in [1.82, 2.24) is 0 Å². The van der Waals surface area contributed by atoms with E-state index in [2.05, 4.69) is 0 Å². The Morgan fingerprint density at radius 2 is 0.875 bits per heavy atom. The molecule has 16 heavy (non-hydrogen) atoms. The molecule has 0 saturated carbocycles. The molecule has 0 aliphatic heterocycles. The lowest BCUT2D eigenvalue weighted by atomic mass is 10.1. The van der Waals surface area contributed by atoms with Gasteiger partial charge in [0, 0.05) is 24.3 Å². The van der Waals surface area contributed by atoms with Crippen LogP contribution in [0, 0.1) is 0 Å². The van der Waals surface area contributed by atoms with Crippen LogP contribution in [-0.2, 0) is 0 Å². The zero-order valence-corrected chi connectivity index (χ0v) is 7.89. The zero-order valence-electron chi connectivity index (χ0n) is 7.89. The number of hydrogen-bond donors (Lipinski definition) is 2. The average molecular weight is 244 g/mol. The summed E-state index contributed by atoms with van der Waals surface area (Å²) in [6.45, 7) is 0. The van der Waals surface area contributed by atoms with E-state index in [0.29, 0.717) is 0 Å². The van der Waals surface area contributed by atoms with Crippen LogP contribution in [0.4, 0.5) is 37.3 Å². The Hall–Kier alpha value is -1.15. The molecule has 0 aliphatic rings. The summed E-state index contributed by atoms with van der Waals surface area (Å²) >= 11 is 0. The third kappa shape index (κ3) is 5.08. The van der Waals surface area contributed by atoms with Crippen LogP contribution < -0.4 is 10.5 Å². The molecular formula is C6H8B2F6N2. The van der Waals surface area contributed by atoms with Crippen molar-refractivity contribution in [2.75, 3.05) is 0 Å². The van der Waals surface area contributed by atoms with E-state index in [-0.39, 0.29) is 21.8 Å². The largest absolute Gasteiger partial charge is 0.734 e. The summed E-state index contributed by atoms with van der Waals surface area (Å²) in [7, 11) is -10.2. The lowest BCUT2D eigenvalue weighted by molar-refractivity contribution is -0.475. The minimum Gasteiger partial charge on any atom is -0.410 e. The molecule has 0 saturated heterocycles. The summed E-state index contributed by atoms with van der Waals surface area (Å²) in [5.41, 5.74) is -0.307. The lowest BCUT2D eigenvalue weighted by Crippen LogP contribution is -2.92. The van der Waals surface area contributed by atoms with E-state index in [0.717, 1.165) is 24.3 Å². The molecule has 0 amide bonds. The fourth-order valence-electron chi connectivity index (χ4n) is 1.15. The predicted octanol–water partition coefficient (Wildman–Crippen LogP) is 0.765. The molecule has 0 heterocycles. The number of benzene rings is 1. The molecule has 0 fully saturated rings. The Kier molecular flexibility index (Phi) is 3.54. The van der Waals surface area contributed by atoms with Gasteiger partial charge in [-0.1, -0.05) is 0 Å². The molecule has 0 atom stereocenters. The van der Waals surface area contributed by atoms with E-state index in [1.807, 2.05) is 0 Å². The first-order valence-electron chi connectivity index (χ1n) is 4.37. The van der Waals surface area contributed by atoms with Gasteiger partial charge < -0.3 is 36.3 Å². The summed E-state index contributed by atoms with van der Waals surface area (Å²) in [6, 6.07) is 4.01. The normalized spacial score (nSPS) is 12.9. The Bertz CT molecular complexity index is 311. The van der Waals surface area contributed by atoms with E-state index in [1.54, 1.807) is 0 Å². The van der Waals surface area contributed by atoms with Crippen molar-refractivity contribution in [3.63, 3.8) is 0 Å². The van der Waals surface area contributed by atoms with Crippen LogP contribution in [0.2, 0.25) is 0 Å². The molecule has 1 aromatic carbocycles. The average Bonchev–Trinajstić information content (AvgIpc) is 2.03. The molecule has 2 nitrogen and oxygen atoms in total. The third-order valence-electron chi connectivity index (χ3n) is 1.70. The van der Waals surface area contributed by atoms with E-state index < -0.39 is 14.2 Å². The first-order chi connectivity index (χ1) is 7.16. The van der Waals surface area contributed by atoms with Gasteiger partial charge in [-0.2, -0.15) is 0 Å². The SMILES string of the molecule is F[B-](F)(F)[NH2+]c1ccc([NH2+][B-](F)(F)F)cc1. The Morgan fingerprint density at radius 3 is 1.06 bits per heavy atom. The molecule has 0 spiro atoms. The highest BCUT2D eigenvalue weighted by molar-refractivity contribution is 6.48. The van der Waals surface area contributed by atoms with Gasteiger partial charge in [0.15, 0.2) is 0 Å². The summed E-state index contributed by atoms with van der Waals surface area (Å²) in [5.74, 6) is 0. The van der Waals surface area contributed by atoms with Crippen LogP contribution in [-0.4, -0.2) is 14.2 Å². The number of halogens is 6. The molecule has 0 radical (unpaired) electrons. The Balaban J connectivity index is 2.69. The molecule has 90 valence electrons. The summed E-state index contributed by atoms with van der Waals surface area (Å²) in [5, 5.41) is 0.172. The number of quaternary nitrogens is 2. The minimum absolute atomic E-state index is 0.0858. The number of nitrogens with two attached hydrogens (primary N) is 2. The van der Waals surface area contributed by atoms with Crippen molar-refractivity contribution >= 4 is 25.6 Å². The summed E-state index contributed by atoms with van der Waals surface area (Å²) in [4.78, 5) is 0. The third-order valence-corrected chi connectivity index (χ3v) is 1.70. The van der Waals surface area contributed by atoms with Crippen molar-refractivity contribution in [2.45, 2.75) is 0 Å². The molecule has 0 aromatic heterocycles.